The minimum absolute atomic E-state index is 0.0330. The standard InChI is InChI=1S/C21H21N5O3/c1-2-20(28)26-7-6-16(11-26)29-19-9-17-18(10-22-19)23-13-24-21(17)25-15-5-3-4-14(8-15)12-27/h2-5,8-10,13,16,27H,1,6-7,11-12H2,(H,23,24,25). The largest absolute Gasteiger partial charge is 0.472 e. The number of hydrogen-bond donors (Lipinski definition) is 2. The normalized spacial score (nSPS) is 16.0. The highest BCUT2D eigenvalue weighted by Gasteiger charge is 2.26. The molecule has 1 amide bonds. The van der Waals surface area contributed by atoms with E-state index in [1.165, 1.54) is 12.4 Å². The molecule has 1 aliphatic heterocycles. The summed E-state index contributed by atoms with van der Waals surface area (Å²) < 4.78 is 5.99. The van der Waals surface area contributed by atoms with Crippen molar-refractivity contribution in [3.05, 3.63) is 61.1 Å². The molecule has 1 atom stereocenters. The minimum atomic E-state index is -0.119. The molecule has 2 N–H and O–H groups in total. The van der Waals surface area contributed by atoms with E-state index in [1.54, 1.807) is 17.2 Å². The average molecular weight is 391 g/mol. The Kier molecular flexibility index (Phi) is 5.35. The van der Waals surface area contributed by atoms with E-state index in [0.29, 0.717) is 30.3 Å². The van der Waals surface area contributed by atoms with E-state index in [4.69, 9.17) is 4.74 Å². The van der Waals surface area contributed by atoms with Gasteiger partial charge in [-0.05, 0) is 23.8 Å². The molecule has 1 aliphatic rings. The highest BCUT2D eigenvalue weighted by Crippen LogP contribution is 2.27. The SMILES string of the molecule is C=CC(=O)N1CCC(Oc2cc3c(Nc4cccc(CO)c4)ncnc3cn2)C1. The van der Waals surface area contributed by atoms with Crippen LogP contribution >= 0.6 is 0 Å². The predicted octanol–water partition coefficient (Wildman–Crippen LogP) is 2.43. The van der Waals surface area contributed by atoms with Crippen molar-refractivity contribution in [2.45, 2.75) is 19.1 Å². The maximum absolute atomic E-state index is 11.7. The Balaban J connectivity index is 1.56. The third-order valence-corrected chi connectivity index (χ3v) is 4.79. The summed E-state index contributed by atoms with van der Waals surface area (Å²) in [6, 6.07) is 9.27. The number of carbonyl (C=O) groups is 1. The second-order valence-electron chi connectivity index (χ2n) is 6.76. The molecular formula is C21H21N5O3. The lowest BCUT2D eigenvalue weighted by Crippen LogP contribution is -2.29. The second-order valence-corrected chi connectivity index (χ2v) is 6.76. The van der Waals surface area contributed by atoms with Gasteiger partial charge in [0.1, 0.15) is 18.2 Å². The summed E-state index contributed by atoms with van der Waals surface area (Å²) >= 11 is 0. The number of anilines is 2. The number of amides is 1. The van der Waals surface area contributed by atoms with Crippen LogP contribution in [0.3, 0.4) is 0 Å². The molecule has 0 spiro atoms. The fourth-order valence-corrected chi connectivity index (χ4v) is 3.31. The van der Waals surface area contributed by atoms with Gasteiger partial charge in [-0.1, -0.05) is 18.7 Å². The Hall–Kier alpha value is -3.52. The summed E-state index contributed by atoms with van der Waals surface area (Å²) in [5, 5.41) is 13.4. The van der Waals surface area contributed by atoms with Crippen LogP contribution in [0.4, 0.5) is 11.5 Å². The van der Waals surface area contributed by atoms with E-state index in [2.05, 4.69) is 26.8 Å². The summed E-state index contributed by atoms with van der Waals surface area (Å²) in [6.45, 7) is 4.64. The molecule has 1 aromatic carbocycles. The molecule has 4 rings (SSSR count). The fraction of sp³-hybridized carbons (Fsp3) is 0.238. The first-order chi connectivity index (χ1) is 14.2. The summed E-state index contributed by atoms with van der Waals surface area (Å²) in [5.74, 6) is 0.983. The number of aromatic nitrogens is 3. The molecule has 2 aromatic heterocycles. The molecule has 3 heterocycles. The van der Waals surface area contributed by atoms with Gasteiger partial charge in [-0.3, -0.25) is 4.79 Å². The number of benzene rings is 1. The molecular weight excluding hydrogens is 370 g/mol. The van der Waals surface area contributed by atoms with E-state index in [-0.39, 0.29) is 18.6 Å². The zero-order chi connectivity index (χ0) is 20.2. The molecule has 8 nitrogen and oxygen atoms in total. The fourth-order valence-electron chi connectivity index (χ4n) is 3.31. The monoisotopic (exact) mass is 391 g/mol. The molecule has 0 bridgehead atoms. The number of nitrogens with one attached hydrogen (secondary N) is 1. The number of aliphatic hydroxyl groups excluding tert-OH is 1. The maximum Gasteiger partial charge on any atom is 0.246 e. The van der Waals surface area contributed by atoms with Gasteiger partial charge in [0.15, 0.2) is 0 Å². The molecule has 1 unspecified atom stereocenters. The van der Waals surface area contributed by atoms with Crippen molar-refractivity contribution >= 4 is 28.3 Å². The number of hydrogen-bond acceptors (Lipinski definition) is 7. The summed E-state index contributed by atoms with van der Waals surface area (Å²) in [6.07, 6.45) is 5.05. The van der Waals surface area contributed by atoms with E-state index >= 15 is 0 Å². The molecule has 29 heavy (non-hydrogen) atoms. The van der Waals surface area contributed by atoms with Crippen molar-refractivity contribution in [3.8, 4) is 5.88 Å². The first-order valence-electron chi connectivity index (χ1n) is 9.32. The Morgan fingerprint density at radius 3 is 3.07 bits per heavy atom. The summed E-state index contributed by atoms with van der Waals surface area (Å²) in [7, 11) is 0. The van der Waals surface area contributed by atoms with Crippen molar-refractivity contribution in [2.24, 2.45) is 0 Å². The van der Waals surface area contributed by atoms with Crippen LogP contribution < -0.4 is 10.1 Å². The van der Waals surface area contributed by atoms with Gasteiger partial charge in [0.05, 0.1) is 24.9 Å². The second kappa shape index (κ2) is 8.24. The molecule has 3 aromatic rings. The Labute approximate surface area is 167 Å². The third-order valence-electron chi connectivity index (χ3n) is 4.79. The van der Waals surface area contributed by atoms with E-state index in [1.807, 2.05) is 24.3 Å². The lowest BCUT2D eigenvalue weighted by Gasteiger charge is -2.15. The van der Waals surface area contributed by atoms with Crippen LogP contribution in [0, 0.1) is 0 Å². The summed E-state index contributed by atoms with van der Waals surface area (Å²) in [4.78, 5) is 26.4. The molecule has 0 aliphatic carbocycles. The minimum Gasteiger partial charge on any atom is -0.472 e. The highest BCUT2D eigenvalue weighted by atomic mass is 16.5. The van der Waals surface area contributed by atoms with Crippen LogP contribution in [0.5, 0.6) is 5.88 Å². The van der Waals surface area contributed by atoms with Crippen molar-refractivity contribution in [2.75, 3.05) is 18.4 Å². The molecule has 1 saturated heterocycles. The van der Waals surface area contributed by atoms with Crippen LogP contribution in [0.1, 0.15) is 12.0 Å². The lowest BCUT2D eigenvalue weighted by atomic mass is 10.2. The number of carbonyl (C=O) groups excluding carboxylic acids is 1. The van der Waals surface area contributed by atoms with Gasteiger partial charge < -0.3 is 20.1 Å². The lowest BCUT2D eigenvalue weighted by molar-refractivity contribution is -0.125. The van der Waals surface area contributed by atoms with Gasteiger partial charge in [-0.25, -0.2) is 15.0 Å². The van der Waals surface area contributed by atoms with Gasteiger partial charge in [-0.15, -0.1) is 0 Å². The predicted molar refractivity (Wildman–Crippen MR) is 109 cm³/mol. The molecule has 1 fully saturated rings. The smallest absolute Gasteiger partial charge is 0.246 e. The van der Waals surface area contributed by atoms with Crippen LogP contribution in [-0.4, -0.2) is 50.1 Å². The van der Waals surface area contributed by atoms with Gasteiger partial charge in [0.2, 0.25) is 11.8 Å². The number of aliphatic hydroxyl groups is 1. The topological polar surface area (TPSA) is 100 Å². The van der Waals surface area contributed by atoms with Gasteiger partial charge in [-0.2, -0.15) is 0 Å². The van der Waals surface area contributed by atoms with Gasteiger partial charge in [0.25, 0.3) is 0 Å². The maximum atomic E-state index is 11.7. The molecule has 148 valence electrons. The Morgan fingerprint density at radius 1 is 1.34 bits per heavy atom. The van der Waals surface area contributed by atoms with E-state index in [0.717, 1.165) is 23.1 Å². The van der Waals surface area contributed by atoms with Crippen molar-refractivity contribution in [1.82, 2.24) is 19.9 Å². The Morgan fingerprint density at radius 2 is 2.24 bits per heavy atom. The zero-order valence-corrected chi connectivity index (χ0v) is 15.8. The number of ether oxygens (including phenoxy) is 1. The van der Waals surface area contributed by atoms with Crippen molar-refractivity contribution < 1.29 is 14.6 Å². The average Bonchev–Trinajstić information content (AvgIpc) is 3.22. The van der Waals surface area contributed by atoms with Crippen molar-refractivity contribution in [3.63, 3.8) is 0 Å². The van der Waals surface area contributed by atoms with Crippen LogP contribution in [0.15, 0.2) is 55.5 Å². The number of pyridine rings is 1. The van der Waals surface area contributed by atoms with E-state index < -0.39 is 0 Å². The first-order valence-corrected chi connectivity index (χ1v) is 9.32. The zero-order valence-electron chi connectivity index (χ0n) is 15.8. The highest BCUT2D eigenvalue weighted by molar-refractivity contribution is 5.90. The molecule has 0 radical (unpaired) electrons. The Bertz CT molecular complexity index is 1060. The van der Waals surface area contributed by atoms with Crippen LogP contribution in [0.25, 0.3) is 10.9 Å². The number of fused-ring (bicyclic) bond motifs is 1. The van der Waals surface area contributed by atoms with Crippen LogP contribution in [-0.2, 0) is 11.4 Å². The number of rotatable bonds is 6. The van der Waals surface area contributed by atoms with Gasteiger partial charge >= 0.3 is 0 Å². The third kappa shape index (κ3) is 4.17. The summed E-state index contributed by atoms with van der Waals surface area (Å²) in [5.41, 5.74) is 2.30. The van der Waals surface area contributed by atoms with E-state index in [9.17, 15) is 9.90 Å². The van der Waals surface area contributed by atoms with Crippen molar-refractivity contribution in [1.29, 1.82) is 0 Å². The molecule has 8 heteroatoms. The van der Waals surface area contributed by atoms with Crippen LogP contribution in [0.2, 0.25) is 0 Å². The quantitative estimate of drug-likeness (QED) is 0.623. The first kappa shape index (κ1) is 18.8. The number of nitrogens with zero attached hydrogens (tertiary/aromatic N) is 4. The molecule has 0 saturated carbocycles. The number of likely N-dealkylation sites (tertiary alicyclic amines) is 1. The van der Waals surface area contributed by atoms with Gasteiger partial charge in [0, 0.05) is 30.1 Å².